The molecule has 0 amide bonds. The quantitative estimate of drug-likeness (QED) is 0.220. The summed E-state index contributed by atoms with van der Waals surface area (Å²) in [6.07, 6.45) is 1.13. The van der Waals surface area contributed by atoms with E-state index in [1.165, 1.54) is 0 Å². The van der Waals surface area contributed by atoms with Crippen molar-refractivity contribution < 1.29 is 9.94 Å². The molecule has 3 N–H and O–H groups in total. The Kier molecular flexibility index (Phi) is 7.78. The first kappa shape index (κ1) is 16.2. The van der Waals surface area contributed by atoms with E-state index in [9.17, 15) is 0 Å². The second-order valence-corrected chi connectivity index (χ2v) is 5.50. The van der Waals surface area contributed by atoms with Crippen molar-refractivity contribution in [2.75, 3.05) is 52.5 Å². The first-order chi connectivity index (χ1) is 9.11. The molecular formula is C13H28N4O2. The van der Waals surface area contributed by atoms with Gasteiger partial charge in [-0.25, -0.2) is 0 Å². The van der Waals surface area contributed by atoms with Crippen LogP contribution in [0.4, 0.5) is 0 Å². The molecule has 0 radical (unpaired) electrons. The maximum absolute atomic E-state index is 8.53. The second kappa shape index (κ2) is 9.12. The van der Waals surface area contributed by atoms with Crippen LogP contribution in [0.25, 0.3) is 0 Å². The summed E-state index contributed by atoms with van der Waals surface area (Å²) in [6, 6.07) is 0. The highest BCUT2D eigenvalue weighted by molar-refractivity contribution is 5.81. The van der Waals surface area contributed by atoms with Gasteiger partial charge < -0.3 is 15.7 Å². The van der Waals surface area contributed by atoms with Gasteiger partial charge in [-0.15, -0.1) is 0 Å². The lowest BCUT2D eigenvalue weighted by Crippen LogP contribution is -2.49. The molecule has 1 aliphatic rings. The lowest BCUT2D eigenvalue weighted by molar-refractivity contribution is 0.0747. The third-order valence-corrected chi connectivity index (χ3v) is 3.37. The molecule has 0 saturated carbocycles. The van der Waals surface area contributed by atoms with Crippen molar-refractivity contribution in [1.82, 2.24) is 9.80 Å². The average Bonchev–Trinajstić information content (AvgIpc) is 2.39. The van der Waals surface area contributed by atoms with Crippen molar-refractivity contribution in [3.8, 4) is 0 Å². The van der Waals surface area contributed by atoms with Crippen LogP contribution in [0.1, 0.15) is 20.3 Å². The third kappa shape index (κ3) is 7.34. The first-order valence-electron chi connectivity index (χ1n) is 7.10. The summed E-state index contributed by atoms with van der Waals surface area (Å²) in [6.45, 7) is 11.6. The Bertz CT molecular complexity index is 263. The first-order valence-corrected chi connectivity index (χ1v) is 7.10. The van der Waals surface area contributed by atoms with Crippen molar-refractivity contribution in [3.05, 3.63) is 0 Å². The largest absolute Gasteiger partial charge is 0.409 e. The van der Waals surface area contributed by atoms with Crippen LogP contribution in [0.3, 0.4) is 0 Å². The Hall–Kier alpha value is -0.850. The van der Waals surface area contributed by atoms with Crippen LogP contribution in [0.2, 0.25) is 0 Å². The van der Waals surface area contributed by atoms with E-state index in [2.05, 4.69) is 28.8 Å². The third-order valence-electron chi connectivity index (χ3n) is 3.37. The summed E-state index contributed by atoms with van der Waals surface area (Å²) in [5.74, 6) is 0.993. The second-order valence-electron chi connectivity index (χ2n) is 5.50. The average molecular weight is 272 g/mol. The molecule has 0 aliphatic carbocycles. The van der Waals surface area contributed by atoms with Crippen LogP contribution < -0.4 is 5.73 Å². The van der Waals surface area contributed by atoms with E-state index in [1.54, 1.807) is 0 Å². The zero-order valence-electron chi connectivity index (χ0n) is 12.2. The predicted molar refractivity (Wildman–Crippen MR) is 76.6 cm³/mol. The van der Waals surface area contributed by atoms with Crippen LogP contribution in [0, 0.1) is 5.92 Å². The fourth-order valence-electron chi connectivity index (χ4n) is 2.05. The van der Waals surface area contributed by atoms with Gasteiger partial charge >= 0.3 is 0 Å². The maximum Gasteiger partial charge on any atom is 0.153 e. The number of hydrogen-bond donors (Lipinski definition) is 2. The molecule has 1 fully saturated rings. The normalized spacial score (nSPS) is 19.2. The maximum atomic E-state index is 8.53. The van der Waals surface area contributed by atoms with E-state index >= 15 is 0 Å². The Morgan fingerprint density at radius 2 is 1.84 bits per heavy atom. The van der Waals surface area contributed by atoms with E-state index in [4.69, 9.17) is 15.7 Å². The zero-order chi connectivity index (χ0) is 14.1. The van der Waals surface area contributed by atoms with Gasteiger partial charge in [-0.2, -0.15) is 0 Å². The number of oxime groups is 1. The number of amidine groups is 1. The van der Waals surface area contributed by atoms with Crippen molar-refractivity contribution in [2.24, 2.45) is 16.8 Å². The van der Waals surface area contributed by atoms with Crippen molar-refractivity contribution in [2.45, 2.75) is 20.3 Å². The van der Waals surface area contributed by atoms with Crippen molar-refractivity contribution in [3.63, 3.8) is 0 Å². The van der Waals surface area contributed by atoms with Gasteiger partial charge in [0.1, 0.15) is 0 Å². The van der Waals surface area contributed by atoms with Gasteiger partial charge in [0.25, 0.3) is 0 Å². The minimum absolute atomic E-state index is 0.283. The summed E-state index contributed by atoms with van der Waals surface area (Å²) in [5.41, 5.74) is 5.50. The van der Waals surface area contributed by atoms with E-state index in [-0.39, 0.29) is 5.84 Å². The predicted octanol–water partition coefficient (Wildman–Crippen LogP) is 0.413. The number of rotatable bonds is 8. The summed E-state index contributed by atoms with van der Waals surface area (Å²) in [5, 5.41) is 11.5. The van der Waals surface area contributed by atoms with Crippen LogP contribution >= 0.6 is 0 Å². The fourth-order valence-corrected chi connectivity index (χ4v) is 2.05. The van der Waals surface area contributed by atoms with E-state index in [0.29, 0.717) is 12.5 Å². The molecule has 0 unspecified atom stereocenters. The molecule has 6 nitrogen and oxygen atoms in total. The van der Waals surface area contributed by atoms with Gasteiger partial charge in [0.15, 0.2) is 5.84 Å². The van der Waals surface area contributed by atoms with Crippen molar-refractivity contribution in [1.29, 1.82) is 0 Å². The molecule has 19 heavy (non-hydrogen) atoms. The van der Waals surface area contributed by atoms with Gasteiger partial charge in [-0.1, -0.05) is 19.0 Å². The van der Waals surface area contributed by atoms with Gasteiger partial charge in [0.05, 0.1) is 13.2 Å². The topological polar surface area (TPSA) is 74.3 Å². The van der Waals surface area contributed by atoms with E-state index < -0.39 is 0 Å². The summed E-state index contributed by atoms with van der Waals surface area (Å²) < 4.78 is 5.63. The summed E-state index contributed by atoms with van der Waals surface area (Å²) >= 11 is 0. The SMILES string of the molecule is CC(C)CCOCCN1CCN(CC(N)=NO)CC1. The minimum Gasteiger partial charge on any atom is -0.409 e. The van der Waals surface area contributed by atoms with Gasteiger partial charge in [-0.05, 0) is 12.3 Å². The summed E-state index contributed by atoms with van der Waals surface area (Å²) in [4.78, 5) is 4.60. The smallest absolute Gasteiger partial charge is 0.153 e. The van der Waals surface area contributed by atoms with Crippen LogP contribution in [-0.4, -0.2) is 73.3 Å². The van der Waals surface area contributed by atoms with E-state index in [0.717, 1.165) is 52.4 Å². The highest BCUT2D eigenvalue weighted by Crippen LogP contribution is 2.02. The van der Waals surface area contributed by atoms with Gasteiger partial charge in [-0.3, -0.25) is 9.80 Å². The molecule has 0 aromatic heterocycles. The van der Waals surface area contributed by atoms with Crippen molar-refractivity contribution >= 4 is 5.84 Å². The molecule has 0 spiro atoms. The molecule has 1 rings (SSSR count). The molecule has 1 aliphatic heterocycles. The number of nitrogens with two attached hydrogens (primary N) is 1. The standard InChI is InChI=1S/C13H28N4O2/c1-12(2)3-9-19-10-8-16-4-6-17(7-5-16)11-13(14)15-18/h12,18H,3-11H2,1-2H3,(H2,14,15). The minimum atomic E-state index is 0.283. The molecule has 1 saturated heterocycles. The molecule has 6 heteroatoms. The summed E-state index contributed by atoms with van der Waals surface area (Å²) in [7, 11) is 0. The number of ether oxygens (including phenoxy) is 1. The molecule has 112 valence electrons. The molecule has 0 aromatic carbocycles. The number of nitrogens with zero attached hydrogens (tertiary/aromatic N) is 3. The molecule has 0 bridgehead atoms. The Balaban J connectivity index is 2.04. The van der Waals surface area contributed by atoms with Crippen LogP contribution in [-0.2, 0) is 4.74 Å². The zero-order valence-corrected chi connectivity index (χ0v) is 12.2. The molecular weight excluding hydrogens is 244 g/mol. The molecule has 1 heterocycles. The Labute approximate surface area is 116 Å². The number of hydrogen-bond acceptors (Lipinski definition) is 5. The van der Waals surface area contributed by atoms with Crippen LogP contribution in [0.5, 0.6) is 0 Å². The van der Waals surface area contributed by atoms with Crippen LogP contribution in [0.15, 0.2) is 5.16 Å². The monoisotopic (exact) mass is 272 g/mol. The van der Waals surface area contributed by atoms with E-state index in [1.807, 2.05) is 0 Å². The molecule has 0 atom stereocenters. The highest BCUT2D eigenvalue weighted by Gasteiger charge is 2.17. The van der Waals surface area contributed by atoms with Gasteiger partial charge in [0.2, 0.25) is 0 Å². The lowest BCUT2D eigenvalue weighted by Gasteiger charge is -2.34. The van der Waals surface area contributed by atoms with Gasteiger partial charge in [0, 0.05) is 39.3 Å². The Morgan fingerprint density at radius 1 is 1.21 bits per heavy atom. The fraction of sp³-hybridized carbons (Fsp3) is 0.923. The number of piperazine rings is 1. The lowest BCUT2D eigenvalue weighted by atomic mass is 10.1. The highest BCUT2D eigenvalue weighted by atomic mass is 16.5. The molecule has 0 aromatic rings. The Morgan fingerprint density at radius 3 is 2.42 bits per heavy atom.